The molecule has 0 N–H and O–H groups in total. The number of amides is 1. The third-order valence-corrected chi connectivity index (χ3v) is 7.19. The summed E-state index contributed by atoms with van der Waals surface area (Å²) < 4.78 is 20.1. The molecule has 1 heterocycles. The number of amidine groups is 1. The molecule has 0 spiro atoms. The Morgan fingerprint density at radius 2 is 1.58 bits per heavy atom. The van der Waals surface area contributed by atoms with Crippen LogP contribution in [0, 0.1) is 5.82 Å². The van der Waals surface area contributed by atoms with Crippen molar-refractivity contribution >= 4 is 40.5 Å². The zero-order valence-electron chi connectivity index (χ0n) is 20.4. The summed E-state index contributed by atoms with van der Waals surface area (Å²) in [6, 6.07) is 31.4. The van der Waals surface area contributed by atoms with E-state index in [1.807, 2.05) is 60.7 Å². The largest absolute Gasteiger partial charge is 0.488 e. The molecule has 0 aromatic heterocycles. The van der Waals surface area contributed by atoms with Gasteiger partial charge in [0.1, 0.15) is 18.2 Å². The van der Waals surface area contributed by atoms with Gasteiger partial charge in [0, 0.05) is 16.1 Å². The molecule has 1 aliphatic rings. The van der Waals surface area contributed by atoms with Crippen LogP contribution in [-0.4, -0.2) is 16.0 Å². The maximum Gasteiger partial charge on any atom is 0.267 e. The fraction of sp³-hybridized carbons (Fsp3) is 0.0968. The van der Waals surface area contributed by atoms with Gasteiger partial charge < -0.3 is 4.74 Å². The van der Waals surface area contributed by atoms with Crippen LogP contribution in [0.3, 0.4) is 0 Å². The van der Waals surface area contributed by atoms with Crippen molar-refractivity contribution in [1.29, 1.82) is 0 Å². The first-order valence-corrected chi connectivity index (χ1v) is 13.3. The summed E-state index contributed by atoms with van der Waals surface area (Å²) in [4.78, 5) is 20.6. The Kier molecular flexibility index (Phi) is 8.22. The summed E-state index contributed by atoms with van der Waals surface area (Å²) in [5.41, 5.74) is 3.14. The molecule has 0 saturated carbocycles. The Morgan fingerprint density at radius 1 is 0.895 bits per heavy atom. The number of benzene rings is 4. The highest BCUT2D eigenvalue weighted by atomic mass is 35.5. The molecular weight excluding hydrogens is 519 g/mol. The zero-order chi connectivity index (χ0) is 26.3. The van der Waals surface area contributed by atoms with E-state index in [4.69, 9.17) is 21.3 Å². The molecule has 1 amide bonds. The summed E-state index contributed by atoms with van der Waals surface area (Å²) in [5.74, 6) is 0.0206. The zero-order valence-corrected chi connectivity index (χ0v) is 22.0. The van der Waals surface area contributed by atoms with E-state index >= 15 is 0 Å². The molecule has 1 saturated heterocycles. The minimum absolute atomic E-state index is 0.0511. The second kappa shape index (κ2) is 12.1. The number of carbonyl (C=O) groups excluding carboxylic acids is 1. The van der Waals surface area contributed by atoms with Crippen LogP contribution in [0.15, 0.2) is 113 Å². The van der Waals surface area contributed by atoms with Crippen LogP contribution in [-0.2, 0) is 24.5 Å². The fourth-order valence-electron chi connectivity index (χ4n) is 3.95. The smallest absolute Gasteiger partial charge is 0.267 e. The average Bonchev–Trinajstić information content (AvgIpc) is 3.22. The third kappa shape index (κ3) is 6.33. The number of carbonyl (C=O) groups is 1. The first-order valence-electron chi connectivity index (χ1n) is 12.1. The number of hydrogen-bond donors (Lipinski definition) is 0. The molecule has 38 heavy (non-hydrogen) atoms. The molecular formula is C31H24ClFN2O2S. The van der Waals surface area contributed by atoms with Crippen LogP contribution in [0.4, 0.5) is 4.39 Å². The first kappa shape index (κ1) is 25.8. The molecule has 0 bridgehead atoms. The van der Waals surface area contributed by atoms with Gasteiger partial charge in [0.15, 0.2) is 5.17 Å². The van der Waals surface area contributed by atoms with E-state index in [1.165, 1.54) is 17.8 Å². The van der Waals surface area contributed by atoms with Crippen LogP contribution in [0.2, 0.25) is 5.02 Å². The number of ether oxygens (including phenoxy) is 1. The molecule has 4 aromatic rings. The standard InChI is InChI=1S/C31H24ClFN2O2S/c32-26-15-16-28(37-21-24-13-7-8-14-27(24)33)25(17-26)18-29-30(36)35(20-23-11-5-2-6-12-23)31(38-29)34-19-22-9-3-1-4-10-22/h1-18H,19-21H2/b29-18+,34-31?. The molecule has 0 radical (unpaired) electrons. The average molecular weight is 543 g/mol. The van der Waals surface area contributed by atoms with E-state index in [0.717, 1.165) is 11.1 Å². The number of aliphatic imine (C=N–C) groups is 1. The lowest BCUT2D eigenvalue weighted by Crippen LogP contribution is -2.28. The summed E-state index contributed by atoms with van der Waals surface area (Å²) in [5, 5.41) is 1.13. The predicted molar refractivity (Wildman–Crippen MR) is 152 cm³/mol. The quantitative estimate of drug-likeness (QED) is 0.214. The Balaban J connectivity index is 1.44. The Bertz CT molecular complexity index is 1490. The topological polar surface area (TPSA) is 41.9 Å². The SMILES string of the molecule is O=C1/C(=C\c2cc(Cl)ccc2OCc2ccccc2F)SC(=NCc2ccccc2)N1Cc1ccccc1. The van der Waals surface area contributed by atoms with Crippen molar-refractivity contribution in [2.75, 3.05) is 0 Å². The Hall–Kier alpha value is -3.87. The van der Waals surface area contributed by atoms with Gasteiger partial charge in [0.25, 0.3) is 5.91 Å². The highest BCUT2D eigenvalue weighted by Crippen LogP contribution is 2.36. The van der Waals surface area contributed by atoms with E-state index in [-0.39, 0.29) is 18.3 Å². The summed E-state index contributed by atoms with van der Waals surface area (Å²) >= 11 is 7.61. The summed E-state index contributed by atoms with van der Waals surface area (Å²) in [7, 11) is 0. The summed E-state index contributed by atoms with van der Waals surface area (Å²) in [6.07, 6.45) is 1.76. The highest BCUT2D eigenvalue weighted by Gasteiger charge is 2.33. The fourth-order valence-corrected chi connectivity index (χ4v) is 5.10. The van der Waals surface area contributed by atoms with Crippen molar-refractivity contribution in [3.8, 4) is 5.75 Å². The maximum atomic E-state index is 14.1. The van der Waals surface area contributed by atoms with Gasteiger partial charge in [-0.15, -0.1) is 0 Å². The monoisotopic (exact) mass is 542 g/mol. The van der Waals surface area contributed by atoms with Crippen LogP contribution in [0.25, 0.3) is 6.08 Å². The second-order valence-corrected chi connectivity index (χ2v) is 10.1. The van der Waals surface area contributed by atoms with Gasteiger partial charge in [-0.2, -0.15) is 0 Å². The number of nitrogens with zero attached hydrogens (tertiary/aromatic N) is 2. The van der Waals surface area contributed by atoms with Crippen molar-refractivity contribution < 1.29 is 13.9 Å². The Morgan fingerprint density at radius 3 is 2.32 bits per heavy atom. The molecule has 5 rings (SSSR count). The number of rotatable bonds is 8. The van der Waals surface area contributed by atoms with E-state index in [9.17, 15) is 9.18 Å². The van der Waals surface area contributed by atoms with Gasteiger partial charge in [-0.1, -0.05) is 90.5 Å². The lowest BCUT2D eigenvalue weighted by molar-refractivity contribution is -0.122. The van der Waals surface area contributed by atoms with Crippen LogP contribution < -0.4 is 4.74 Å². The van der Waals surface area contributed by atoms with Gasteiger partial charge in [0.05, 0.1) is 18.0 Å². The normalized spacial score (nSPS) is 15.4. The summed E-state index contributed by atoms with van der Waals surface area (Å²) in [6.45, 7) is 0.919. The molecule has 0 atom stereocenters. The van der Waals surface area contributed by atoms with E-state index < -0.39 is 0 Å². The van der Waals surface area contributed by atoms with Gasteiger partial charge in [-0.3, -0.25) is 14.7 Å². The molecule has 1 aliphatic heterocycles. The van der Waals surface area contributed by atoms with Gasteiger partial charge in [-0.25, -0.2) is 4.39 Å². The first-order chi connectivity index (χ1) is 18.6. The van der Waals surface area contributed by atoms with Gasteiger partial charge in [0.2, 0.25) is 0 Å². The van der Waals surface area contributed by atoms with Crippen molar-refractivity contribution in [2.45, 2.75) is 19.7 Å². The predicted octanol–water partition coefficient (Wildman–Crippen LogP) is 7.73. The minimum atomic E-state index is -0.335. The molecule has 0 unspecified atom stereocenters. The molecule has 1 fully saturated rings. The van der Waals surface area contributed by atoms with Gasteiger partial charge in [-0.05, 0) is 53.2 Å². The number of thioether (sulfide) groups is 1. The van der Waals surface area contributed by atoms with Crippen LogP contribution in [0.1, 0.15) is 22.3 Å². The van der Waals surface area contributed by atoms with E-state index in [2.05, 4.69) is 0 Å². The Labute approximate surface area is 230 Å². The van der Waals surface area contributed by atoms with Crippen LogP contribution >= 0.6 is 23.4 Å². The van der Waals surface area contributed by atoms with Crippen molar-refractivity contribution in [1.82, 2.24) is 4.90 Å². The van der Waals surface area contributed by atoms with Crippen molar-refractivity contribution in [2.24, 2.45) is 4.99 Å². The molecule has 7 heteroatoms. The van der Waals surface area contributed by atoms with E-state index in [0.29, 0.717) is 45.1 Å². The second-order valence-electron chi connectivity index (χ2n) is 8.63. The van der Waals surface area contributed by atoms with Crippen LogP contribution in [0.5, 0.6) is 5.75 Å². The molecule has 4 nitrogen and oxygen atoms in total. The maximum absolute atomic E-state index is 14.1. The van der Waals surface area contributed by atoms with Gasteiger partial charge >= 0.3 is 0 Å². The number of halogens is 2. The lowest BCUT2D eigenvalue weighted by Gasteiger charge is -2.15. The highest BCUT2D eigenvalue weighted by molar-refractivity contribution is 8.18. The van der Waals surface area contributed by atoms with Crippen molar-refractivity contribution in [3.05, 3.63) is 141 Å². The third-order valence-electron chi connectivity index (χ3n) is 5.91. The minimum Gasteiger partial charge on any atom is -0.488 e. The molecule has 0 aliphatic carbocycles. The van der Waals surface area contributed by atoms with E-state index in [1.54, 1.807) is 47.4 Å². The molecule has 190 valence electrons. The number of hydrogen-bond acceptors (Lipinski definition) is 4. The lowest BCUT2D eigenvalue weighted by atomic mass is 10.1. The molecule has 4 aromatic carbocycles. The van der Waals surface area contributed by atoms with Crippen molar-refractivity contribution in [3.63, 3.8) is 0 Å².